The van der Waals surface area contributed by atoms with Gasteiger partial charge in [0.05, 0.1) is 12.5 Å². The summed E-state index contributed by atoms with van der Waals surface area (Å²) in [4.78, 5) is 65.8. The highest BCUT2D eigenvalue weighted by atomic mass is 35.5. The second kappa shape index (κ2) is 10.2. The lowest BCUT2D eigenvalue weighted by Crippen LogP contribution is -2.61. The molecule has 0 spiro atoms. The van der Waals surface area contributed by atoms with Crippen LogP contribution in [0.15, 0.2) is 0 Å². The molecule has 4 fully saturated rings. The van der Waals surface area contributed by atoms with Crippen LogP contribution < -0.4 is 16.1 Å². The number of hydrogen-bond acceptors (Lipinski definition) is 5. The van der Waals surface area contributed by atoms with Crippen molar-refractivity contribution in [3.8, 4) is 0 Å². The molecule has 5 amide bonds. The van der Waals surface area contributed by atoms with Crippen LogP contribution in [0.25, 0.3) is 0 Å². The standard InChI is InChI=1S/C25H36ClF2N5O5/c1-5-12(2)16(30-23(38)25(28)7-8-25)21(36)32-11-14-15(24(14,3)4)17(32)20(35)31-33(22(37)18(26)27)10-13-6-9-29-19(13)34/h12-18H,5-11H2,1-4H3,(H,29,34)(H,30,38)(H,31,35)/t12?,13-,14-,15-,16?,17-,18?/m0/s1. The monoisotopic (exact) mass is 559 g/mol. The minimum absolute atomic E-state index is 0.00172. The van der Waals surface area contributed by atoms with Crippen molar-refractivity contribution in [2.75, 3.05) is 19.6 Å². The second-order valence-corrected chi connectivity index (χ2v) is 12.1. The lowest BCUT2D eigenvalue weighted by atomic mass is 9.95. The highest BCUT2D eigenvalue weighted by Gasteiger charge is 2.70. The molecule has 2 aliphatic heterocycles. The summed E-state index contributed by atoms with van der Waals surface area (Å²) in [6.07, 6.45) is 1.13. The van der Waals surface area contributed by atoms with Crippen molar-refractivity contribution in [3.63, 3.8) is 0 Å². The van der Waals surface area contributed by atoms with Gasteiger partial charge in [0.1, 0.15) is 12.1 Å². The minimum atomic E-state index is -2.44. The van der Waals surface area contributed by atoms with E-state index in [0.29, 0.717) is 19.4 Å². The number of halogens is 3. The number of hydrazine groups is 1. The van der Waals surface area contributed by atoms with Crippen LogP contribution in [-0.4, -0.2) is 82.5 Å². The average Bonchev–Trinajstić information content (AvgIpc) is 3.54. The Morgan fingerprint density at radius 2 is 1.92 bits per heavy atom. The molecule has 0 aromatic carbocycles. The molecule has 0 aromatic rings. The van der Waals surface area contributed by atoms with Gasteiger partial charge in [-0.1, -0.05) is 45.7 Å². The van der Waals surface area contributed by atoms with E-state index >= 15 is 0 Å². The Morgan fingerprint density at radius 1 is 1.26 bits per heavy atom. The summed E-state index contributed by atoms with van der Waals surface area (Å²) in [5, 5.41) is 5.91. The highest BCUT2D eigenvalue weighted by Crippen LogP contribution is 2.65. The zero-order valence-corrected chi connectivity index (χ0v) is 22.8. The first-order valence-corrected chi connectivity index (χ1v) is 13.6. The Balaban J connectivity index is 1.55. The van der Waals surface area contributed by atoms with E-state index in [2.05, 4.69) is 16.1 Å². The maximum absolute atomic E-state index is 14.4. The lowest BCUT2D eigenvalue weighted by Gasteiger charge is -2.36. The molecule has 2 aliphatic carbocycles. The largest absolute Gasteiger partial charge is 0.356 e. The average molecular weight is 560 g/mol. The molecule has 2 saturated heterocycles. The SMILES string of the molecule is CCC(C)C(NC(=O)C1(F)CC1)C(=O)N1C[C@H]2[C@@H]([C@H]1C(=O)NN(C[C@@H]1CCNC1=O)C(=O)C(F)Cl)C2(C)C. The molecule has 13 heteroatoms. The molecule has 0 bridgehead atoms. The number of fused-ring (bicyclic) bond motifs is 1. The van der Waals surface area contributed by atoms with Gasteiger partial charge in [-0.2, -0.15) is 0 Å². The summed E-state index contributed by atoms with van der Waals surface area (Å²) in [5.41, 5.74) is -2.24. The maximum atomic E-state index is 14.4. The summed E-state index contributed by atoms with van der Waals surface area (Å²) in [6.45, 7) is 7.93. The van der Waals surface area contributed by atoms with Crippen LogP contribution in [0.3, 0.4) is 0 Å². The number of nitrogens with zero attached hydrogens (tertiary/aromatic N) is 2. The molecular weight excluding hydrogens is 524 g/mol. The Hall–Kier alpha value is -2.50. The van der Waals surface area contributed by atoms with Crippen LogP contribution in [0, 0.1) is 29.1 Å². The van der Waals surface area contributed by atoms with E-state index in [1.165, 1.54) is 4.90 Å². The first-order valence-electron chi connectivity index (χ1n) is 13.2. The van der Waals surface area contributed by atoms with E-state index < -0.39 is 52.9 Å². The van der Waals surface area contributed by atoms with Gasteiger partial charge in [-0.15, -0.1) is 0 Å². The number of piperidine rings is 1. The predicted molar refractivity (Wildman–Crippen MR) is 132 cm³/mol. The van der Waals surface area contributed by atoms with Crippen molar-refractivity contribution >= 4 is 41.1 Å². The summed E-state index contributed by atoms with van der Waals surface area (Å²) in [5.74, 6) is -4.80. The van der Waals surface area contributed by atoms with Gasteiger partial charge in [-0.05, 0) is 42.4 Å². The quantitative estimate of drug-likeness (QED) is 0.287. The molecule has 2 heterocycles. The number of carbonyl (C=O) groups excluding carboxylic acids is 5. The van der Waals surface area contributed by atoms with Crippen molar-refractivity contribution < 1.29 is 32.8 Å². The zero-order valence-electron chi connectivity index (χ0n) is 22.1. The van der Waals surface area contributed by atoms with Gasteiger partial charge in [-0.3, -0.25) is 29.4 Å². The fourth-order valence-electron chi connectivity index (χ4n) is 5.83. The van der Waals surface area contributed by atoms with Gasteiger partial charge in [0.2, 0.25) is 11.8 Å². The van der Waals surface area contributed by atoms with Gasteiger partial charge in [0, 0.05) is 13.1 Å². The molecule has 4 aliphatic rings. The molecule has 2 saturated carbocycles. The minimum Gasteiger partial charge on any atom is -0.356 e. The number of carbonyl (C=O) groups is 5. The number of hydrogen-bond donors (Lipinski definition) is 3. The van der Waals surface area contributed by atoms with E-state index in [0.717, 1.165) is 5.01 Å². The molecule has 4 rings (SSSR count). The second-order valence-electron chi connectivity index (χ2n) is 11.7. The van der Waals surface area contributed by atoms with Gasteiger partial charge in [-0.25, -0.2) is 13.8 Å². The number of likely N-dealkylation sites (tertiary alicyclic amines) is 1. The summed E-state index contributed by atoms with van der Waals surface area (Å²) >= 11 is 5.39. The molecule has 10 nitrogen and oxygen atoms in total. The van der Waals surface area contributed by atoms with E-state index in [1.807, 2.05) is 20.8 Å². The Morgan fingerprint density at radius 3 is 2.45 bits per heavy atom. The zero-order chi connectivity index (χ0) is 28.2. The third kappa shape index (κ3) is 5.20. The van der Waals surface area contributed by atoms with Crippen molar-refractivity contribution in [2.45, 2.75) is 76.8 Å². The smallest absolute Gasteiger partial charge is 0.291 e. The molecule has 212 valence electrons. The molecule has 3 N–H and O–H groups in total. The first kappa shape index (κ1) is 28.5. The van der Waals surface area contributed by atoms with Crippen molar-refractivity contribution in [1.82, 2.24) is 26.0 Å². The predicted octanol–water partition coefficient (Wildman–Crippen LogP) is 1.03. The molecule has 38 heavy (non-hydrogen) atoms. The maximum Gasteiger partial charge on any atom is 0.291 e. The van der Waals surface area contributed by atoms with Crippen molar-refractivity contribution in [1.29, 1.82) is 0 Å². The molecule has 3 unspecified atom stereocenters. The first-order chi connectivity index (χ1) is 17.7. The number of alkyl halides is 3. The van der Waals surface area contributed by atoms with Crippen molar-refractivity contribution in [2.24, 2.45) is 29.1 Å². The van der Waals surface area contributed by atoms with Gasteiger partial charge in [0.15, 0.2) is 5.67 Å². The van der Waals surface area contributed by atoms with Crippen LogP contribution in [0.1, 0.15) is 53.4 Å². The van der Waals surface area contributed by atoms with Gasteiger partial charge < -0.3 is 15.5 Å². The van der Waals surface area contributed by atoms with Gasteiger partial charge >= 0.3 is 0 Å². The Kier molecular flexibility index (Phi) is 7.68. The van der Waals surface area contributed by atoms with Gasteiger partial charge in [0.25, 0.3) is 23.4 Å². The van der Waals surface area contributed by atoms with E-state index in [1.54, 1.807) is 6.92 Å². The summed E-state index contributed by atoms with van der Waals surface area (Å²) in [6, 6.07) is -2.04. The van der Waals surface area contributed by atoms with Crippen LogP contribution in [-0.2, 0) is 24.0 Å². The van der Waals surface area contributed by atoms with E-state index in [9.17, 15) is 32.8 Å². The third-order valence-electron chi connectivity index (χ3n) is 8.89. The molecular formula is C25H36ClF2N5O5. The lowest BCUT2D eigenvalue weighted by molar-refractivity contribution is -0.151. The normalized spacial score (nSPS) is 30.4. The van der Waals surface area contributed by atoms with E-state index in [-0.39, 0.29) is 55.0 Å². The molecule has 0 radical (unpaired) electrons. The van der Waals surface area contributed by atoms with Crippen LogP contribution in [0.4, 0.5) is 8.78 Å². The summed E-state index contributed by atoms with van der Waals surface area (Å²) < 4.78 is 28.2. The topological polar surface area (TPSA) is 128 Å². The fourth-order valence-corrected chi connectivity index (χ4v) is 5.95. The third-order valence-corrected chi connectivity index (χ3v) is 9.07. The highest BCUT2D eigenvalue weighted by molar-refractivity contribution is 6.29. The Labute approximate surface area is 225 Å². The molecule has 0 aromatic heterocycles. The van der Waals surface area contributed by atoms with E-state index in [4.69, 9.17) is 11.6 Å². The van der Waals surface area contributed by atoms with Crippen LogP contribution >= 0.6 is 11.6 Å². The molecule has 7 atom stereocenters. The van der Waals surface area contributed by atoms with Crippen LogP contribution in [0.2, 0.25) is 0 Å². The number of nitrogens with one attached hydrogen (secondary N) is 3. The number of rotatable bonds is 9. The van der Waals surface area contributed by atoms with Crippen LogP contribution in [0.5, 0.6) is 0 Å². The number of amides is 5. The fraction of sp³-hybridized carbons (Fsp3) is 0.800. The summed E-state index contributed by atoms with van der Waals surface area (Å²) in [7, 11) is 0. The van der Waals surface area contributed by atoms with Crippen molar-refractivity contribution in [3.05, 3.63) is 0 Å². The Bertz CT molecular complexity index is 1020.